The van der Waals surface area contributed by atoms with Crippen LogP contribution in [-0.2, 0) is 4.79 Å². The van der Waals surface area contributed by atoms with Crippen LogP contribution in [0, 0.1) is 0 Å². The second-order valence-electron chi connectivity index (χ2n) is 7.00. The highest BCUT2D eigenvalue weighted by Gasteiger charge is 2.33. The number of rotatable bonds is 4. The molecule has 9 heteroatoms. The van der Waals surface area contributed by atoms with Gasteiger partial charge in [0.05, 0.1) is 16.3 Å². The molecule has 3 aromatic rings. The van der Waals surface area contributed by atoms with Crippen molar-refractivity contribution in [1.29, 1.82) is 0 Å². The highest BCUT2D eigenvalue weighted by molar-refractivity contribution is 6.36. The summed E-state index contributed by atoms with van der Waals surface area (Å²) in [6.45, 7) is 0.508. The van der Waals surface area contributed by atoms with Crippen LogP contribution in [0.25, 0.3) is 5.82 Å². The van der Waals surface area contributed by atoms with Crippen molar-refractivity contribution in [3.63, 3.8) is 0 Å². The number of pyridine rings is 1. The number of nitrogens with zero attached hydrogens (tertiary/aromatic N) is 4. The molecule has 7 nitrogen and oxygen atoms in total. The van der Waals surface area contributed by atoms with E-state index in [0.717, 1.165) is 12.8 Å². The molecule has 1 unspecified atom stereocenters. The lowest BCUT2D eigenvalue weighted by Crippen LogP contribution is -2.50. The van der Waals surface area contributed by atoms with Crippen LogP contribution >= 0.6 is 23.2 Å². The molecule has 1 N–H and O–H groups in total. The van der Waals surface area contributed by atoms with Crippen LogP contribution in [0.1, 0.15) is 29.6 Å². The molecule has 1 saturated heterocycles. The molecule has 3 heterocycles. The SMILES string of the molecule is O=C(Nc1ccc(Cl)cc1Cl)C1CCCCN1C(=O)c1ccc(-n2ccnc2)nc1. The predicted molar refractivity (Wildman–Crippen MR) is 115 cm³/mol. The number of aromatic nitrogens is 3. The topological polar surface area (TPSA) is 80.1 Å². The van der Waals surface area contributed by atoms with E-state index in [1.165, 1.54) is 6.20 Å². The third-order valence-corrected chi connectivity index (χ3v) is 5.57. The van der Waals surface area contributed by atoms with Gasteiger partial charge in [-0.15, -0.1) is 0 Å². The van der Waals surface area contributed by atoms with Gasteiger partial charge in [-0.2, -0.15) is 0 Å². The Hall–Kier alpha value is -2.90. The highest BCUT2D eigenvalue weighted by Crippen LogP contribution is 2.27. The Morgan fingerprint density at radius 1 is 1.13 bits per heavy atom. The molecule has 1 aliphatic heterocycles. The number of piperidine rings is 1. The molecule has 1 aliphatic rings. The number of hydrogen-bond acceptors (Lipinski definition) is 4. The van der Waals surface area contributed by atoms with Gasteiger partial charge in [0.2, 0.25) is 5.91 Å². The van der Waals surface area contributed by atoms with Crippen molar-refractivity contribution in [2.45, 2.75) is 25.3 Å². The zero-order valence-electron chi connectivity index (χ0n) is 16.0. The van der Waals surface area contributed by atoms with Crippen molar-refractivity contribution >= 4 is 40.7 Å². The first kappa shape index (κ1) is 20.4. The number of benzene rings is 1. The predicted octanol–water partition coefficient (Wildman–Crippen LogP) is 4.21. The minimum atomic E-state index is -0.577. The molecule has 4 rings (SSSR count). The van der Waals surface area contributed by atoms with Crippen LogP contribution in [0.5, 0.6) is 0 Å². The van der Waals surface area contributed by atoms with E-state index in [-0.39, 0.29) is 11.8 Å². The molecule has 1 fully saturated rings. The average Bonchev–Trinajstić information content (AvgIpc) is 3.30. The average molecular weight is 444 g/mol. The molecule has 30 heavy (non-hydrogen) atoms. The van der Waals surface area contributed by atoms with Crippen molar-refractivity contribution in [2.24, 2.45) is 0 Å². The first-order chi connectivity index (χ1) is 14.5. The summed E-state index contributed by atoms with van der Waals surface area (Å²) in [7, 11) is 0. The second kappa shape index (κ2) is 8.85. The first-order valence-electron chi connectivity index (χ1n) is 9.54. The summed E-state index contributed by atoms with van der Waals surface area (Å²) in [6.07, 6.45) is 8.89. The monoisotopic (exact) mass is 443 g/mol. The van der Waals surface area contributed by atoms with Crippen LogP contribution in [-0.4, -0.2) is 43.8 Å². The number of imidazole rings is 1. The maximum Gasteiger partial charge on any atom is 0.256 e. The Balaban J connectivity index is 1.51. The molecule has 0 spiro atoms. The molecule has 0 bridgehead atoms. The van der Waals surface area contributed by atoms with Gasteiger partial charge in [-0.1, -0.05) is 23.2 Å². The third-order valence-electron chi connectivity index (χ3n) is 5.02. The summed E-state index contributed by atoms with van der Waals surface area (Å²) in [5, 5.41) is 3.66. The summed E-state index contributed by atoms with van der Waals surface area (Å²) in [6, 6.07) is 7.75. The number of hydrogen-bond donors (Lipinski definition) is 1. The van der Waals surface area contributed by atoms with E-state index in [1.54, 1.807) is 58.5 Å². The lowest BCUT2D eigenvalue weighted by molar-refractivity contribution is -0.121. The van der Waals surface area contributed by atoms with Crippen LogP contribution in [0.4, 0.5) is 5.69 Å². The highest BCUT2D eigenvalue weighted by atomic mass is 35.5. The summed E-state index contributed by atoms with van der Waals surface area (Å²) in [4.78, 5) is 36.0. The van der Waals surface area contributed by atoms with Crippen molar-refractivity contribution in [3.05, 3.63) is 70.9 Å². The fourth-order valence-electron chi connectivity index (χ4n) is 3.48. The van der Waals surface area contributed by atoms with Crippen molar-refractivity contribution in [2.75, 3.05) is 11.9 Å². The second-order valence-corrected chi connectivity index (χ2v) is 7.84. The molecule has 2 aromatic heterocycles. The fourth-order valence-corrected chi connectivity index (χ4v) is 3.94. The van der Waals surface area contributed by atoms with Gasteiger partial charge >= 0.3 is 0 Å². The lowest BCUT2D eigenvalue weighted by atomic mass is 10.00. The lowest BCUT2D eigenvalue weighted by Gasteiger charge is -2.34. The van der Waals surface area contributed by atoms with E-state index >= 15 is 0 Å². The van der Waals surface area contributed by atoms with Gasteiger partial charge in [0.15, 0.2) is 0 Å². The molecule has 1 atom stereocenters. The number of amides is 2. The van der Waals surface area contributed by atoms with E-state index in [2.05, 4.69) is 15.3 Å². The number of carbonyl (C=O) groups is 2. The van der Waals surface area contributed by atoms with Crippen LogP contribution in [0.2, 0.25) is 10.0 Å². The largest absolute Gasteiger partial charge is 0.327 e. The van der Waals surface area contributed by atoms with E-state index in [0.29, 0.717) is 40.1 Å². The molecule has 0 radical (unpaired) electrons. The van der Waals surface area contributed by atoms with Gasteiger partial charge in [0.1, 0.15) is 18.2 Å². The van der Waals surface area contributed by atoms with Crippen molar-refractivity contribution in [1.82, 2.24) is 19.4 Å². The Kier molecular flexibility index (Phi) is 6.01. The normalized spacial score (nSPS) is 16.3. The summed E-state index contributed by atoms with van der Waals surface area (Å²) < 4.78 is 1.75. The van der Waals surface area contributed by atoms with E-state index in [1.807, 2.05) is 0 Å². The number of carbonyl (C=O) groups excluding carboxylic acids is 2. The molecular weight excluding hydrogens is 425 g/mol. The van der Waals surface area contributed by atoms with Crippen molar-refractivity contribution < 1.29 is 9.59 Å². The minimum absolute atomic E-state index is 0.221. The van der Waals surface area contributed by atoms with Gasteiger partial charge in [-0.3, -0.25) is 14.2 Å². The standard InChI is InChI=1S/C21H19Cl2N5O2/c22-15-5-6-17(16(23)11-15)26-20(29)18-3-1-2-9-28(18)21(30)14-4-7-19(25-12-14)27-10-8-24-13-27/h4-8,10-13,18H,1-3,9H2,(H,26,29). The minimum Gasteiger partial charge on any atom is -0.327 e. The zero-order valence-corrected chi connectivity index (χ0v) is 17.5. The smallest absolute Gasteiger partial charge is 0.256 e. The van der Waals surface area contributed by atoms with Crippen LogP contribution in [0.15, 0.2) is 55.2 Å². The molecule has 154 valence electrons. The van der Waals surface area contributed by atoms with Gasteiger partial charge in [-0.05, 0) is 49.6 Å². The Bertz CT molecular complexity index is 1050. The first-order valence-corrected chi connectivity index (χ1v) is 10.3. The Morgan fingerprint density at radius 2 is 2.00 bits per heavy atom. The Morgan fingerprint density at radius 3 is 2.70 bits per heavy atom. The van der Waals surface area contributed by atoms with E-state index < -0.39 is 6.04 Å². The van der Waals surface area contributed by atoms with Crippen LogP contribution < -0.4 is 5.32 Å². The summed E-state index contributed by atoms with van der Waals surface area (Å²) in [5.74, 6) is 0.173. The number of likely N-dealkylation sites (tertiary alicyclic amines) is 1. The van der Waals surface area contributed by atoms with Gasteiger partial charge in [0, 0.05) is 30.2 Å². The molecular formula is C21H19Cl2N5O2. The summed E-state index contributed by atoms with van der Waals surface area (Å²) in [5.41, 5.74) is 0.901. The third kappa shape index (κ3) is 4.32. The zero-order chi connectivity index (χ0) is 21.1. The maximum atomic E-state index is 13.1. The van der Waals surface area contributed by atoms with E-state index in [9.17, 15) is 9.59 Å². The van der Waals surface area contributed by atoms with Gasteiger partial charge in [-0.25, -0.2) is 9.97 Å². The summed E-state index contributed by atoms with van der Waals surface area (Å²) >= 11 is 12.1. The van der Waals surface area contributed by atoms with Gasteiger partial charge in [0.25, 0.3) is 5.91 Å². The quantitative estimate of drug-likeness (QED) is 0.654. The molecule has 1 aromatic carbocycles. The molecule has 2 amide bonds. The number of nitrogens with one attached hydrogen (secondary N) is 1. The van der Waals surface area contributed by atoms with E-state index in [4.69, 9.17) is 23.2 Å². The molecule has 0 saturated carbocycles. The maximum absolute atomic E-state index is 13.1. The van der Waals surface area contributed by atoms with Crippen LogP contribution in [0.3, 0.4) is 0 Å². The number of anilines is 1. The Labute approximate surface area is 183 Å². The van der Waals surface area contributed by atoms with Crippen molar-refractivity contribution in [3.8, 4) is 5.82 Å². The fraction of sp³-hybridized carbons (Fsp3) is 0.238. The number of halogens is 2. The van der Waals surface area contributed by atoms with Gasteiger partial charge < -0.3 is 10.2 Å². The molecule has 0 aliphatic carbocycles.